The number of methoxy groups -OCH3 is 1. The summed E-state index contributed by atoms with van der Waals surface area (Å²) in [5.41, 5.74) is 7.18. The van der Waals surface area contributed by atoms with E-state index in [-0.39, 0.29) is 33.7 Å². The van der Waals surface area contributed by atoms with E-state index in [0.717, 1.165) is 0 Å². The Morgan fingerprint density at radius 2 is 1.88 bits per heavy atom. The molecule has 0 aliphatic carbocycles. The summed E-state index contributed by atoms with van der Waals surface area (Å²) in [5.74, 6) is 1.09. The van der Waals surface area contributed by atoms with Crippen molar-refractivity contribution in [2.75, 3.05) is 37.4 Å². The Kier molecular flexibility index (Phi) is 9.03. The van der Waals surface area contributed by atoms with Crippen molar-refractivity contribution in [2.45, 2.75) is 52.4 Å². The largest absolute Gasteiger partial charge is 0.496 e. The van der Waals surface area contributed by atoms with E-state index < -0.39 is 17.5 Å². The highest BCUT2D eigenvalue weighted by molar-refractivity contribution is 6.36. The van der Waals surface area contributed by atoms with E-state index in [1.165, 1.54) is 12.1 Å². The van der Waals surface area contributed by atoms with Gasteiger partial charge >= 0.3 is 6.09 Å². The maximum atomic E-state index is 14.1. The van der Waals surface area contributed by atoms with Crippen molar-refractivity contribution >= 4 is 40.9 Å². The Bertz CT molecular complexity index is 1440. The maximum Gasteiger partial charge on any atom is 0.410 e. The lowest BCUT2D eigenvalue weighted by molar-refractivity contribution is 0.0218. The van der Waals surface area contributed by atoms with Gasteiger partial charge in [-0.3, -0.25) is 0 Å². The molecule has 9 nitrogen and oxygen atoms in total. The first-order valence-corrected chi connectivity index (χ1v) is 13.9. The minimum Gasteiger partial charge on any atom is -0.496 e. The molecular weight excluding hydrogens is 572 g/mol. The van der Waals surface area contributed by atoms with Gasteiger partial charge in [0, 0.05) is 65.8 Å². The number of carbonyl (C=O) groups excluding carboxylic acids is 1. The van der Waals surface area contributed by atoms with Gasteiger partial charge in [-0.25, -0.2) is 19.2 Å². The SMILES string of the molecule is COc1cc(N2CCN(C(=O)OC(C)(C)C)CC2C)ncc1-c1cnc(N)c(O[C@H](C)c2c(Cl)ccc(F)c2Cl)c1. The number of ether oxygens (including phenoxy) is 3. The van der Waals surface area contributed by atoms with E-state index in [9.17, 15) is 9.18 Å². The first-order chi connectivity index (χ1) is 19.3. The van der Waals surface area contributed by atoms with Crippen molar-refractivity contribution in [1.29, 1.82) is 0 Å². The number of rotatable bonds is 6. The Labute approximate surface area is 249 Å². The van der Waals surface area contributed by atoms with Crippen LogP contribution in [0.25, 0.3) is 11.1 Å². The highest BCUT2D eigenvalue weighted by Crippen LogP contribution is 2.39. The number of nitrogens with two attached hydrogens (primary N) is 1. The van der Waals surface area contributed by atoms with E-state index in [4.69, 9.17) is 48.1 Å². The van der Waals surface area contributed by atoms with Crippen molar-refractivity contribution in [3.05, 3.63) is 58.1 Å². The van der Waals surface area contributed by atoms with Crippen LogP contribution >= 0.6 is 23.2 Å². The lowest BCUT2D eigenvalue weighted by Crippen LogP contribution is -2.54. The summed E-state index contributed by atoms with van der Waals surface area (Å²) < 4.78 is 31.4. The number of nitrogen functional groups attached to an aromatic ring is 1. The number of hydrogen-bond donors (Lipinski definition) is 1. The molecular formula is C29H34Cl2FN5O4. The lowest BCUT2D eigenvalue weighted by atomic mass is 10.1. The lowest BCUT2D eigenvalue weighted by Gasteiger charge is -2.40. The monoisotopic (exact) mass is 605 g/mol. The van der Waals surface area contributed by atoms with Gasteiger partial charge in [0.1, 0.15) is 29.1 Å². The topological polar surface area (TPSA) is 103 Å². The molecule has 0 spiro atoms. The molecule has 2 atom stereocenters. The second-order valence-corrected chi connectivity index (χ2v) is 11.6. The molecule has 0 bridgehead atoms. The number of pyridine rings is 2. The zero-order chi connectivity index (χ0) is 30.1. The van der Waals surface area contributed by atoms with Gasteiger partial charge < -0.3 is 29.7 Å². The number of carbonyl (C=O) groups is 1. The highest BCUT2D eigenvalue weighted by Gasteiger charge is 2.31. The molecule has 1 aromatic carbocycles. The number of halogens is 3. The number of piperazine rings is 1. The zero-order valence-corrected chi connectivity index (χ0v) is 25.4. The van der Waals surface area contributed by atoms with E-state index in [1.807, 2.05) is 33.8 Å². The Balaban J connectivity index is 1.55. The van der Waals surface area contributed by atoms with Crippen LogP contribution in [0.1, 0.15) is 46.3 Å². The van der Waals surface area contributed by atoms with Crippen LogP contribution in [0.3, 0.4) is 0 Å². The molecule has 1 amide bonds. The summed E-state index contributed by atoms with van der Waals surface area (Å²) in [6.07, 6.45) is 2.25. The molecule has 3 aromatic rings. The summed E-state index contributed by atoms with van der Waals surface area (Å²) in [7, 11) is 1.57. The Morgan fingerprint density at radius 1 is 1.15 bits per heavy atom. The van der Waals surface area contributed by atoms with Crippen LogP contribution < -0.4 is 20.1 Å². The number of hydrogen-bond acceptors (Lipinski definition) is 8. The van der Waals surface area contributed by atoms with Gasteiger partial charge in [0.2, 0.25) is 0 Å². The van der Waals surface area contributed by atoms with E-state index in [0.29, 0.717) is 47.9 Å². The summed E-state index contributed by atoms with van der Waals surface area (Å²) in [5, 5.41) is 0.157. The molecule has 220 valence electrons. The van der Waals surface area contributed by atoms with E-state index >= 15 is 0 Å². The van der Waals surface area contributed by atoms with Gasteiger partial charge in [-0.15, -0.1) is 0 Å². The summed E-state index contributed by atoms with van der Waals surface area (Å²) in [6, 6.07) is 6.18. The van der Waals surface area contributed by atoms with Crippen molar-refractivity contribution < 1.29 is 23.4 Å². The molecule has 1 aliphatic rings. The minimum atomic E-state index is -0.715. The molecule has 41 heavy (non-hydrogen) atoms. The third-order valence-electron chi connectivity index (χ3n) is 6.63. The van der Waals surface area contributed by atoms with Gasteiger partial charge in [0.15, 0.2) is 11.6 Å². The van der Waals surface area contributed by atoms with Gasteiger partial charge in [0.05, 0.1) is 12.1 Å². The molecule has 3 heterocycles. The van der Waals surface area contributed by atoms with Crippen LogP contribution in [0, 0.1) is 5.82 Å². The van der Waals surface area contributed by atoms with Crippen molar-refractivity contribution in [2.24, 2.45) is 0 Å². The highest BCUT2D eigenvalue weighted by atomic mass is 35.5. The number of nitrogens with zero attached hydrogens (tertiary/aromatic N) is 4. The normalized spacial score (nSPS) is 16.4. The average Bonchev–Trinajstić information content (AvgIpc) is 2.91. The number of aromatic nitrogens is 2. The third kappa shape index (κ3) is 6.87. The predicted molar refractivity (Wildman–Crippen MR) is 159 cm³/mol. The van der Waals surface area contributed by atoms with Gasteiger partial charge in [0.25, 0.3) is 0 Å². The van der Waals surface area contributed by atoms with Crippen LogP contribution in [0.2, 0.25) is 10.0 Å². The van der Waals surface area contributed by atoms with E-state index in [2.05, 4.69) is 9.88 Å². The van der Waals surface area contributed by atoms with Crippen LogP contribution in [0.5, 0.6) is 11.5 Å². The Morgan fingerprint density at radius 3 is 2.54 bits per heavy atom. The second-order valence-electron chi connectivity index (χ2n) is 10.8. The van der Waals surface area contributed by atoms with Crippen LogP contribution in [-0.2, 0) is 4.74 Å². The molecule has 2 N–H and O–H groups in total. The van der Waals surface area contributed by atoms with Crippen LogP contribution in [0.4, 0.5) is 20.8 Å². The molecule has 1 saturated heterocycles. The fraction of sp³-hybridized carbons (Fsp3) is 0.414. The first-order valence-electron chi connectivity index (χ1n) is 13.1. The molecule has 1 fully saturated rings. The first kappa shape index (κ1) is 30.5. The maximum absolute atomic E-state index is 14.1. The summed E-state index contributed by atoms with van der Waals surface area (Å²) in [4.78, 5) is 25.4. The smallest absolute Gasteiger partial charge is 0.410 e. The van der Waals surface area contributed by atoms with Gasteiger partial charge in [-0.2, -0.15) is 0 Å². The molecule has 0 saturated carbocycles. The quantitative estimate of drug-likeness (QED) is 0.307. The summed E-state index contributed by atoms with van der Waals surface area (Å²) in [6.45, 7) is 10.9. The number of anilines is 2. The van der Waals surface area contributed by atoms with E-state index in [1.54, 1.807) is 37.4 Å². The van der Waals surface area contributed by atoms with Crippen molar-refractivity contribution in [3.63, 3.8) is 0 Å². The predicted octanol–water partition coefficient (Wildman–Crippen LogP) is 6.77. The average molecular weight is 607 g/mol. The van der Waals surface area contributed by atoms with Crippen molar-refractivity contribution in [1.82, 2.24) is 14.9 Å². The molecule has 4 rings (SSSR count). The molecule has 2 aromatic heterocycles. The molecule has 0 radical (unpaired) electrons. The molecule has 12 heteroatoms. The summed E-state index contributed by atoms with van der Waals surface area (Å²) >= 11 is 12.4. The fourth-order valence-electron chi connectivity index (χ4n) is 4.62. The second kappa shape index (κ2) is 12.2. The molecule has 1 unspecified atom stereocenters. The zero-order valence-electron chi connectivity index (χ0n) is 23.9. The van der Waals surface area contributed by atoms with Crippen LogP contribution in [0.15, 0.2) is 36.7 Å². The van der Waals surface area contributed by atoms with Crippen molar-refractivity contribution in [3.8, 4) is 22.6 Å². The standard InChI is InChI=1S/C29H34Cl2FN5O4/c1-16-15-36(28(38)41-29(3,4)5)9-10-37(16)24-12-22(39-6)19(14-34-24)18-11-23(27(33)35-13-18)40-17(2)25-20(30)7-8-21(32)26(25)31/h7-8,11-14,16-17H,9-10,15H2,1-6H3,(H2,33,35)/t16?,17-/m1/s1. The number of amides is 1. The van der Waals surface area contributed by atoms with Gasteiger partial charge in [-0.05, 0) is 52.8 Å². The van der Waals surface area contributed by atoms with Gasteiger partial charge in [-0.1, -0.05) is 23.2 Å². The molecule has 1 aliphatic heterocycles. The number of benzene rings is 1. The van der Waals surface area contributed by atoms with Crippen LogP contribution in [-0.4, -0.2) is 59.3 Å². The minimum absolute atomic E-state index is 0.000441. The third-order valence-corrected chi connectivity index (χ3v) is 7.34. The Hall–Kier alpha value is -3.50. The fourth-order valence-corrected chi connectivity index (χ4v) is 5.30.